The molecule has 2 heterocycles. The zero-order valence-corrected chi connectivity index (χ0v) is 15.9. The summed E-state index contributed by atoms with van der Waals surface area (Å²) >= 11 is 3.73. The second kappa shape index (κ2) is 8.66. The summed E-state index contributed by atoms with van der Waals surface area (Å²) in [6.07, 6.45) is 2.11. The van der Waals surface area contributed by atoms with E-state index in [0.29, 0.717) is 18.8 Å². The molecule has 1 aliphatic heterocycles. The molecule has 0 saturated carbocycles. The largest absolute Gasteiger partial charge is 0.463 e. The predicted molar refractivity (Wildman–Crippen MR) is 93.5 cm³/mol. The Morgan fingerprint density at radius 2 is 2.04 bits per heavy atom. The Bertz CT molecular complexity index is 609. The summed E-state index contributed by atoms with van der Waals surface area (Å²) in [7, 11) is 0. The van der Waals surface area contributed by atoms with Crippen molar-refractivity contribution < 1.29 is 19.1 Å². The third kappa shape index (κ3) is 4.94. The minimum Gasteiger partial charge on any atom is -0.463 e. The summed E-state index contributed by atoms with van der Waals surface area (Å²) in [5.41, 5.74) is 0.718. The van der Waals surface area contributed by atoms with Gasteiger partial charge in [-0.25, -0.2) is 4.68 Å². The number of aryl methyl sites for hydroxylation is 1. The van der Waals surface area contributed by atoms with Gasteiger partial charge >= 0.3 is 5.97 Å². The molecule has 9 heteroatoms. The first kappa shape index (κ1) is 19.7. The molecule has 0 aromatic carbocycles. The number of carbonyl (C=O) groups excluding carboxylic acids is 2. The predicted octanol–water partition coefficient (Wildman–Crippen LogP) is 1.54. The average Bonchev–Trinajstić information content (AvgIpc) is 3.05. The molecule has 5 atom stereocenters. The summed E-state index contributed by atoms with van der Waals surface area (Å²) in [6.45, 7) is 8.01. The van der Waals surface area contributed by atoms with Crippen LogP contribution in [0.4, 0.5) is 0 Å². The van der Waals surface area contributed by atoms with Crippen molar-refractivity contribution in [1.82, 2.24) is 19.7 Å². The van der Waals surface area contributed by atoms with Gasteiger partial charge in [0.2, 0.25) is 5.91 Å². The third-order valence-corrected chi connectivity index (χ3v) is 5.26. The van der Waals surface area contributed by atoms with Crippen LogP contribution in [0.25, 0.3) is 0 Å². The molecule has 0 bridgehead atoms. The van der Waals surface area contributed by atoms with Gasteiger partial charge in [-0.15, -0.1) is 5.10 Å². The van der Waals surface area contributed by atoms with Crippen LogP contribution in [0.5, 0.6) is 0 Å². The number of amides is 1. The van der Waals surface area contributed by atoms with E-state index in [4.69, 9.17) is 9.47 Å². The number of nitrogens with zero attached hydrogens (tertiary/aromatic N) is 3. The minimum absolute atomic E-state index is 0.163. The summed E-state index contributed by atoms with van der Waals surface area (Å²) in [5, 5.41) is 8.28. The average molecular weight is 370 g/mol. The number of hydrogen-bond donors (Lipinski definition) is 2. The van der Waals surface area contributed by atoms with E-state index in [1.54, 1.807) is 10.9 Å². The monoisotopic (exact) mass is 370 g/mol. The van der Waals surface area contributed by atoms with Gasteiger partial charge in [-0.05, 0) is 11.8 Å². The molecule has 1 amide bonds. The highest BCUT2D eigenvalue weighted by Gasteiger charge is 2.40. The number of thiol groups is 1. The number of esters is 1. The summed E-state index contributed by atoms with van der Waals surface area (Å²) in [5.74, 6) is 0.363. The lowest BCUT2D eigenvalue weighted by molar-refractivity contribution is -0.192. The van der Waals surface area contributed by atoms with Gasteiger partial charge in [0.15, 0.2) is 6.23 Å². The van der Waals surface area contributed by atoms with Crippen LogP contribution in [0, 0.1) is 17.8 Å². The number of rotatable bonds is 6. The normalized spacial score (nSPS) is 29.2. The van der Waals surface area contributed by atoms with Crippen molar-refractivity contribution in [2.24, 2.45) is 17.8 Å². The Kier molecular flexibility index (Phi) is 6.83. The zero-order chi connectivity index (χ0) is 18.6. The quantitative estimate of drug-likeness (QED) is 0.583. The van der Waals surface area contributed by atoms with Gasteiger partial charge in [-0.2, -0.15) is 0 Å². The maximum Gasteiger partial charge on any atom is 0.302 e. The maximum atomic E-state index is 11.3. The number of ether oxygens (including phenoxy) is 2. The first-order valence-electron chi connectivity index (χ1n) is 8.46. The number of carbonyl (C=O) groups is 2. The lowest BCUT2D eigenvalue weighted by Gasteiger charge is -2.43. The smallest absolute Gasteiger partial charge is 0.302 e. The van der Waals surface area contributed by atoms with Crippen LogP contribution in [-0.2, 0) is 25.5 Å². The highest BCUT2D eigenvalue weighted by Crippen LogP contribution is 2.39. The maximum absolute atomic E-state index is 11.3. The van der Waals surface area contributed by atoms with Crippen molar-refractivity contribution in [2.45, 2.75) is 52.9 Å². The van der Waals surface area contributed by atoms with Crippen LogP contribution in [0.3, 0.4) is 0 Å². The SMILES string of the molecule is CC(=O)OCC1OC(n2cc(CCC(=O)NS)nn2)C(C)C(C)C1C. The molecule has 25 heavy (non-hydrogen) atoms. The number of hydrogen-bond acceptors (Lipinski definition) is 7. The Balaban J connectivity index is 2.07. The van der Waals surface area contributed by atoms with Gasteiger partial charge < -0.3 is 14.2 Å². The Hall–Kier alpha value is -1.61. The van der Waals surface area contributed by atoms with Crippen LogP contribution >= 0.6 is 12.8 Å². The highest BCUT2D eigenvalue weighted by atomic mass is 32.1. The molecule has 1 fully saturated rings. The van der Waals surface area contributed by atoms with Crippen molar-refractivity contribution in [3.05, 3.63) is 11.9 Å². The molecular weight excluding hydrogens is 344 g/mol. The van der Waals surface area contributed by atoms with Gasteiger partial charge in [0.05, 0.1) is 18.0 Å². The summed E-state index contributed by atoms with van der Waals surface area (Å²) in [4.78, 5) is 22.4. The van der Waals surface area contributed by atoms with Gasteiger partial charge in [-0.3, -0.25) is 9.59 Å². The molecule has 1 aliphatic rings. The Morgan fingerprint density at radius 3 is 2.68 bits per heavy atom. The second-order valence-electron chi connectivity index (χ2n) is 6.67. The Morgan fingerprint density at radius 1 is 1.32 bits per heavy atom. The van der Waals surface area contributed by atoms with E-state index in [0.717, 1.165) is 5.69 Å². The molecule has 140 valence electrons. The fourth-order valence-electron chi connectivity index (χ4n) is 3.05. The molecule has 2 rings (SSSR count). The number of aromatic nitrogens is 3. The lowest BCUT2D eigenvalue weighted by atomic mass is 9.78. The third-order valence-electron chi connectivity index (χ3n) is 5.01. The van der Waals surface area contributed by atoms with Gasteiger partial charge in [0.25, 0.3) is 0 Å². The minimum atomic E-state index is -0.316. The Labute approximate surface area is 153 Å². The fraction of sp³-hybridized carbons (Fsp3) is 0.750. The fourth-order valence-corrected chi connectivity index (χ4v) is 3.16. The molecule has 1 saturated heterocycles. The molecular formula is C16H26N4O4S. The second-order valence-corrected chi connectivity index (χ2v) is 6.89. The van der Waals surface area contributed by atoms with E-state index in [1.807, 2.05) is 0 Å². The van der Waals surface area contributed by atoms with E-state index in [9.17, 15) is 9.59 Å². The molecule has 0 radical (unpaired) electrons. The van der Waals surface area contributed by atoms with Crippen molar-refractivity contribution in [1.29, 1.82) is 0 Å². The lowest BCUT2D eigenvalue weighted by Crippen LogP contribution is -2.45. The zero-order valence-electron chi connectivity index (χ0n) is 15.0. The van der Waals surface area contributed by atoms with E-state index < -0.39 is 0 Å². The van der Waals surface area contributed by atoms with Gasteiger partial charge in [-0.1, -0.05) is 38.8 Å². The van der Waals surface area contributed by atoms with Crippen LogP contribution in [-0.4, -0.2) is 39.6 Å². The topological polar surface area (TPSA) is 95.3 Å². The molecule has 1 aromatic rings. The molecule has 0 spiro atoms. The van der Waals surface area contributed by atoms with Crippen molar-refractivity contribution in [3.63, 3.8) is 0 Å². The summed E-state index contributed by atoms with van der Waals surface area (Å²) in [6, 6.07) is 0. The van der Waals surface area contributed by atoms with Crippen molar-refractivity contribution >= 4 is 24.7 Å². The highest BCUT2D eigenvalue weighted by molar-refractivity contribution is 7.78. The summed E-state index contributed by atoms with van der Waals surface area (Å²) < 4.78 is 15.3. The van der Waals surface area contributed by atoms with Crippen LogP contribution in [0.2, 0.25) is 0 Å². The van der Waals surface area contributed by atoms with E-state index in [1.165, 1.54) is 6.92 Å². The molecule has 1 N–H and O–H groups in total. The number of nitrogens with one attached hydrogen (secondary N) is 1. The van der Waals surface area contributed by atoms with Crippen molar-refractivity contribution in [3.8, 4) is 0 Å². The van der Waals surface area contributed by atoms with E-state index in [2.05, 4.69) is 48.6 Å². The van der Waals surface area contributed by atoms with Crippen LogP contribution < -0.4 is 4.72 Å². The van der Waals surface area contributed by atoms with Crippen LogP contribution in [0.15, 0.2) is 6.20 Å². The standard InChI is InChI=1S/C16H26N4O4S/c1-9-10(2)14(8-23-12(4)21)24-16(11(9)3)20-7-13(17-19-20)5-6-15(22)18-25/h7,9-11,14,16,25H,5-6,8H2,1-4H3,(H,18,22). The van der Waals surface area contributed by atoms with Gasteiger partial charge in [0, 0.05) is 25.7 Å². The molecule has 1 aromatic heterocycles. The van der Waals surface area contributed by atoms with E-state index >= 15 is 0 Å². The molecule has 5 unspecified atom stereocenters. The van der Waals surface area contributed by atoms with Crippen molar-refractivity contribution in [2.75, 3.05) is 6.61 Å². The van der Waals surface area contributed by atoms with Gasteiger partial charge in [0.1, 0.15) is 6.61 Å². The molecule has 0 aliphatic carbocycles. The van der Waals surface area contributed by atoms with Crippen LogP contribution in [0.1, 0.15) is 46.0 Å². The first-order valence-corrected chi connectivity index (χ1v) is 8.90. The first-order chi connectivity index (χ1) is 11.8. The van der Waals surface area contributed by atoms with E-state index in [-0.39, 0.29) is 42.7 Å². The molecule has 8 nitrogen and oxygen atoms in total.